The molecule has 30 heavy (non-hydrogen) atoms. The molecule has 0 bridgehead atoms. The summed E-state index contributed by atoms with van der Waals surface area (Å²) in [6, 6.07) is 7.17. The van der Waals surface area contributed by atoms with Gasteiger partial charge in [-0.3, -0.25) is 9.78 Å². The van der Waals surface area contributed by atoms with Crippen molar-refractivity contribution in [3.8, 4) is 5.75 Å². The minimum absolute atomic E-state index is 0.0125. The second-order valence-corrected chi connectivity index (χ2v) is 5.97. The molecule has 0 atom stereocenters. The van der Waals surface area contributed by atoms with Crippen LogP contribution >= 0.6 is 0 Å². The van der Waals surface area contributed by atoms with Crippen molar-refractivity contribution >= 4 is 23.2 Å². The molecule has 0 spiro atoms. The molecular weight excluding hydrogens is 406 g/mol. The molecule has 0 saturated heterocycles. The van der Waals surface area contributed by atoms with Gasteiger partial charge in [-0.15, -0.1) is 0 Å². The molecule has 7 nitrogen and oxygen atoms in total. The van der Waals surface area contributed by atoms with E-state index in [1.54, 1.807) is 12.1 Å². The predicted molar refractivity (Wildman–Crippen MR) is 100 cm³/mol. The smallest absolute Gasteiger partial charge is 0.422 e. The van der Waals surface area contributed by atoms with Crippen LogP contribution in [0.4, 0.5) is 34.9 Å². The Hall–Kier alpha value is -3.76. The van der Waals surface area contributed by atoms with Gasteiger partial charge in [-0.1, -0.05) is 6.07 Å². The number of alkyl halides is 4. The van der Waals surface area contributed by atoms with Crippen molar-refractivity contribution in [1.29, 1.82) is 0 Å². The first-order valence-electron chi connectivity index (χ1n) is 8.53. The third-order valence-corrected chi connectivity index (χ3v) is 3.68. The Bertz CT molecular complexity index is 1010. The Kier molecular flexibility index (Phi) is 6.40. The Labute approximate surface area is 168 Å². The predicted octanol–water partition coefficient (Wildman–Crippen LogP) is 4.28. The number of amides is 1. The van der Waals surface area contributed by atoms with Crippen molar-refractivity contribution in [2.75, 3.05) is 17.2 Å². The Morgan fingerprint density at radius 1 is 1.03 bits per heavy atom. The highest BCUT2D eigenvalue weighted by Gasteiger charge is 2.29. The standard InChI is InChI=1S/C19H15F4N5O2/c20-8-12-1-2-16(26-9-12)28-17-7-13(3-6-25-17)18(29)27-14-10-24-5-4-15(14)30-11-19(21,22)23/h1-7,9-10H,8,11H2,(H,27,29)(H,25,26,28). The summed E-state index contributed by atoms with van der Waals surface area (Å²) in [7, 11) is 0. The number of pyridine rings is 3. The van der Waals surface area contributed by atoms with Crippen molar-refractivity contribution < 1.29 is 27.1 Å². The highest BCUT2D eigenvalue weighted by atomic mass is 19.4. The Balaban J connectivity index is 1.71. The van der Waals surface area contributed by atoms with Crippen LogP contribution in [0.15, 0.2) is 55.1 Å². The lowest BCUT2D eigenvalue weighted by atomic mass is 10.2. The van der Waals surface area contributed by atoms with Crippen LogP contribution in [0.25, 0.3) is 0 Å². The lowest BCUT2D eigenvalue weighted by Gasteiger charge is -2.13. The number of anilines is 3. The number of nitrogens with zero attached hydrogens (tertiary/aromatic N) is 3. The Morgan fingerprint density at radius 3 is 2.57 bits per heavy atom. The van der Waals surface area contributed by atoms with E-state index in [1.165, 1.54) is 43.0 Å². The number of rotatable bonds is 7. The van der Waals surface area contributed by atoms with Crippen LogP contribution in [0.2, 0.25) is 0 Å². The van der Waals surface area contributed by atoms with Crippen LogP contribution in [0.1, 0.15) is 15.9 Å². The zero-order valence-corrected chi connectivity index (χ0v) is 15.3. The number of hydrogen-bond donors (Lipinski definition) is 2. The van der Waals surface area contributed by atoms with Gasteiger partial charge in [0, 0.05) is 35.8 Å². The van der Waals surface area contributed by atoms with Crippen molar-refractivity contribution in [3.05, 3.63) is 66.2 Å². The maximum Gasteiger partial charge on any atom is 0.422 e. The fourth-order valence-electron chi connectivity index (χ4n) is 2.30. The molecule has 3 aromatic rings. The highest BCUT2D eigenvalue weighted by Crippen LogP contribution is 2.26. The van der Waals surface area contributed by atoms with Crippen LogP contribution in [0, 0.1) is 0 Å². The molecule has 0 aliphatic heterocycles. The summed E-state index contributed by atoms with van der Waals surface area (Å²) in [6.07, 6.45) is 0.644. The quantitative estimate of drug-likeness (QED) is 0.554. The maximum atomic E-state index is 12.6. The number of halogens is 4. The second kappa shape index (κ2) is 9.16. The Morgan fingerprint density at radius 2 is 1.87 bits per heavy atom. The summed E-state index contributed by atoms with van der Waals surface area (Å²) in [5.74, 6) is -0.0819. The molecule has 0 aliphatic carbocycles. The van der Waals surface area contributed by atoms with Crippen molar-refractivity contribution in [2.45, 2.75) is 12.9 Å². The SMILES string of the molecule is O=C(Nc1cnccc1OCC(F)(F)F)c1ccnc(Nc2ccc(CF)cn2)c1. The third kappa shape index (κ3) is 5.87. The third-order valence-electron chi connectivity index (χ3n) is 3.68. The van der Waals surface area contributed by atoms with Crippen molar-refractivity contribution in [2.24, 2.45) is 0 Å². The van der Waals surface area contributed by atoms with E-state index in [1.807, 2.05) is 0 Å². The molecule has 0 saturated carbocycles. The van der Waals surface area contributed by atoms with Crippen LogP contribution in [-0.4, -0.2) is 33.6 Å². The minimum atomic E-state index is -4.52. The number of ether oxygens (including phenoxy) is 1. The van der Waals surface area contributed by atoms with E-state index in [-0.39, 0.29) is 17.0 Å². The number of hydrogen-bond acceptors (Lipinski definition) is 6. The summed E-state index contributed by atoms with van der Waals surface area (Å²) in [5.41, 5.74) is 0.585. The normalized spacial score (nSPS) is 11.1. The number of aromatic nitrogens is 3. The number of nitrogens with one attached hydrogen (secondary N) is 2. The first-order valence-corrected chi connectivity index (χ1v) is 8.53. The molecule has 3 heterocycles. The van der Waals surface area contributed by atoms with E-state index < -0.39 is 25.4 Å². The average Bonchev–Trinajstić information content (AvgIpc) is 2.73. The molecular formula is C19H15F4N5O2. The lowest BCUT2D eigenvalue weighted by molar-refractivity contribution is -0.153. The van der Waals surface area contributed by atoms with E-state index in [0.29, 0.717) is 17.2 Å². The van der Waals surface area contributed by atoms with Gasteiger partial charge in [0.25, 0.3) is 5.91 Å². The molecule has 0 aromatic carbocycles. The number of carbonyl (C=O) groups is 1. The van der Waals surface area contributed by atoms with Crippen molar-refractivity contribution in [1.82, 2.24) is 15.0 Å². The van der Waals surface area contributed by atoms with Crippen LogP contribution in [-0.2, 0) is 6.67 Å². The average molecular weight is 421 g/mol. The number of carbonyl (C=O) groups excluding carboxylic acids is 1. The van der Waals surface area contributed by atoms with Gasteiger partial charge in [0.05, 0.1) is 6.20 Å². The first kappa shape index (κ1) is 21.0. The molecule has 0 radical (unpaired) electrons. The summed E-state index contributed by atoms with van der Waals surface area (Å²) in [4.78, 5) is 24.4. The van der Waals surface area contributed by atoms with Gasteiger partial charge in [0.1, 0.15) is 29.7 Å². The zero-order valence-electron chi connectivity index (χ0n) is 15.3. The molecule has 1 amide bonds. The van der Waals surface area contributed by atoms with Crippen LogP contribution in [0.3, 0.4) is 0 Å². The fraction of sp³-hybridized carbons (Fsp3) is 0.158. The second-order valence-electron chi connectivity index (χ2n) is 5.97. The van der Waals surface area contributed by atoms with Gasteiger partial charge in [0.15, 0.2) is 6.61 Å². The van der Waals surface area contributed by atoms with Gasteiger partial charge in [-0.2, -0.15) is 13.2 Å². The summed E-state index contributed by atoms with van der Waals surface area (Å²) >= 11 is 0. The molecule has 0 aliphatic rings. The van der Waals surface area contributed by atoms with Gasteiger partial charge in [0.2, 0.25) is 0 Å². The zero-order chi connectivity index (χ0) is 21.6. The fourth-order valence-corrected chi connectivity index (χ4v) is 2.30. The highest BCUT2D eigenvalue weighted by molar-refractivity contribution is 6.05. The molecule has 156 valence electrons. The van der Waals surface area contributed by atoms with Gasteiger partial charge >= 0.3 is 6.18 Å². The first-order chi connectivity index (χ1) is 14.3. The molecule has 0 fully saturated rings. The summed E-state index contributed by atoms with van der Waals surface area (Å²) in [5, 5.41) is 5.34. The molecule has 3 rings (SSSR count). The topological polar surface area (TPSA) is 89.0 Å². The summed E-state index contributed by atoms with van der Waals surface area (Å²) in [6.45, 7) is -2.14. The molecule has 2 N–H and O–H groups in total. The molecule has 11 heteroatoms. The largest absolute Gasteiger partial charge is 0.482 e. The monoisotopic (exact) mass is 421 g/mol. The van der Waals surface area contributed by atoms with Crippen molar-refractivity contribution in [3.63, 3.8) is 0 Å². The lowest BCUT2D eigenvalue weighted by Crippen LogP contribution is -2.20. The van der Waals surface area contributed by atoms with Crippen LogP contribution in [0.5, 0.6) is 5.75 Å². The van der Waals surface area contributed by atoms with E-state index in [0.717, 1.165) is 0 Å². The molecule has 0 unspecified atom stereocenters. The summed E-state index contributed by atoms with van der Waals surface area (Å²) < 4.78 is 54.5. The van der Waals surface area contributed by atoms with E-state index in [4.69, 9.17) is 4.74 Å². The van der Waals surface area contributed by atoms with Gasteiger partial charge in [-0.25, -0.2) is 14.4 Å². The molecule has 3 aromatic heterocycles. The van der Waals surface area contributed by atoms with Gasteiger partial charge < -0.3 is 15.4 Å². The van der Waals surface area contributed by atoms with Gasteiger partial charge in [-0.05, 0) is 18.2 Å². The van der Waals surface area contributed by atoms with Crippen LogP contribution < -0.4 is 15.4 Å². The van der Waals surface area contributed by atoms with E-state index >= 15 is 0 Å². The minimum Gasteiger partial charge on any atom is -0.482 e. The van der Waals surface area contributed by atoms with E-state index in [2.05, 4.69) is 25.6 Å². The maximum absolute atomic E-state index is 12.6. The van der Waals surface area contributed by atoms with E-state index in [9.17, 15) is 22.4 Å².